The van der Waals surface area contributed by atoms with Gasteiger partial charge < -0.3 is 8.83 Å². The smallest absolute Gasteiger partial charge is 0.164 e. The number of fused-ring (bicyclic) bond motifs is 6. The van der Waals surface area contributed by atoms with Crippen LogP contribution < -0.4 is 5.19 Å². The maximum atomic E-state index is 6.59. The lowest BCUT2D eigenvalue weighted by Gasteiger charge is -2.16. The van der Waals surface area contributed by atoms with Gasteiger partial charge in [0, 0.05) is 54.9 Å². The average Bonchev–Trinajstić information content (AvgIpc) is 4.24. The summed E-state index contributed by atoms with van der Waals surface area (Å²) in [7, 11) is -1.61. The molecule has 4 aromatic heterocycles. The predicted octanol–water partition coefficient (Wildman–Crippen LogP) is 17.4. The molecule has 0 spiro atoms. The molecule has 0 aliphatic carbocycles. The van der Waals surface area contributed by atoms with Gasteiger partial charge in [-0.05, 0) is 75.0 Å². The molecular formula is C69H48N6O2Si. The zero-order chi connectivity index (χ0) is 52.3. The minimum atomic E-state index is -1.61. The molecule has 0 amide bonds. The van der Waals surface area contributed by atoms with Gasteiger partial charge in [0.25, 0.3) is 0 Å². The van der Waals surface area contributed by atoms with Crippen molar-refractivity contribution in [2.45, 2.75) is 19.6 Å². The summed E-state index contributed by atoms with van der Waals surface area (Å²) in [4.78, 5) is 30.3. The van der Waals surface area contributed by atoms with Crippen LogP contribution in [0.25, 0.3) is 146 Å². The molecule has 0 radical (unpaired) electrons. The molecule has 0 fully saturated rings. The lowest BCUT2D eigenvalue weighted by atomic mass is 10.0. The fraction of sp³-hybridized carbons (Fsp3) is 0.0435. The van der Waals surface area contributed by atoms with E-state index in [9.17, 15) is 0 Å². The highest BCUT2D eigenvalue weighted by Crippen LogP contribution is 2.37. The molecule has 0 bridgehead atoms. The summed E-state index contributed by atoms with van der Waals surface area (Å²) in [5.41, 5.74) is 15.4. The summed E-state index contributed by atoms with van der Waals surface area (Å²) in [6.07, 6.45) is 0. The molecule has 0 saturated carbocycles. The third kappa shape index (κ3) is 8.71. The van der Waals surface area contributed by atoms with Gasteiger partial charge in [0.15, 0.2) is 34.9 Å². The van der Waals surface area contributed by atoms with Crippen LogP contribution in [0.5, 0.6) is 0 Å². The second kappa shape index (κ2) is 19.0. The number of aromatic nitrogens is 6. The molecule has 370 valence electrons. The van der Waals surface area contributed by atoms with E-state index in [1.165, 1.54) is 10.6 Å². The van der Waals surface area contributed by atoms with Crippen molar-refractivity contribution >= 4 is 57.1 Å². The highest BCUT2D eigenvalue weighted by molar-refractivity contribution is 6.90. The Morgan fingerprint density at radius 1 is 0.244 bits per heavy atom. The summed E-state index contributed by atoms with van der Waals surface area (Å²) < 4.78 is 12.8. The topological polar surface area (TPSA) is 104 Å². The molecule has 9 heteroatoms. The van der Waals surface area contributed by atoms with Crippen molar-refractivity contribution in [2.24, 2.45) is 0 Å². The third-order valence-corrected chi connectivity index (χ3v) is 16.6. The Balaban J connectivity index is 0.760. The number of benzene rings is 10. The van der Waals surface area contributed by atoms with Crippen LogP contribution in [0.15, 0.2) is 245 Å². The lowest BCUT2D eigenvalue weighted by molar-refractivity contribution is 0.669. The molecule has 0 atom stereocenters. The van der Waals surface area contributed by atoms with E-state index in [2.05, 4.69) is 177 Å². The molecule has 10 aromatic carbocycles. The van der Waals surface area contributed by atoms with Crippen LogP contribution >= 0.6 is 0 Å². The Morgan fingerprint density at radius 3 is 1.08 bits per heavy atom. The van der Waals surface area contributed by atoms with Crippen LogP contribution in [0.4, 0.5) is 0 Å². The number of rotatable bonds is 10. The number of hydrogen-bond acceptors (Lipinski definition) is 8. The highest BCUT2D eigenvalue weighted by atomic mass is 28.3. The van der Waals surface area contributed by atoms with Gasteiger partial charge in [-0.15, -0.1) is 0 Å². The van der Waals surface area contributed by atoms with Crippen LogP contribution in [-0.2, 0) is 0 Å². The van der Waals surface area contributed by atoms with Gasteiger partial charge in [-0.25, -0.2) is 29.9 Å². The maximum absolute atomic E-state index is 6.59. The standard InChI is InChI=1S/C69H48N6O2Si/c1-78(2,3)62-23-13-21-58-57-39-37-53(42-61(57)77-63(58)62)45-28-32-49(33-29-45)67-71-64(46-14-6-4-7-15-46)70-66(73-67)48-30-24-43(25-31-48)51-18-12-19-54(40-51)69-74-65(47-16-8-5-9-17-47)72-68(75-69)50-34-26-44(27-35-50)52-36-38-56-55-20-10-11-22-59(55)76-60(56)41-52/h4-42H,1-3H3. The predicted molar refractivity (Wildman–Crippen MR) is 320 cm³/mol. The van der Waals surface area contributed by atoms with Crippen LogP contribution in [-0.4, -0.2) is 38.0 Å². The Bertz CT molecular complexity index is 4570. The molecule has 8 nitrogen and oxygen atoms in total. The quantitative estimate of drug-likeness (QED) is 0.125. The SMILES string of the molecule is C[Si](C)(C)c1cccc2c1oc1cc(-c3ccc(-c4nc(-c5ccccc5)nc(-c5ccc(-c6cccc(-c7nc(-c8ccccc8)nc(-c8ccc(-c9ccc%10c(c9)oc9ccccc9%10)cc8)n7)c6)cc5)n4)cc3)ccc12. The Hall–Kier alpha value is -9.96. The van der Waals surface area contributed by atoms with Gasteiger partial charge >= 0.3 is 0 Å². The molecule has 0 unspecified atom stereocenters. The molecule has 78 heavy (non-hydrogen) atoms. The molecule has 0 saturated heterocycles. The summed E-state index contributed by atoms with van der Waals surface area (Å²) in [5.74, 6) is 3.56. The number of hydrogen-bond donors (Lipinski definition) is 0. The van der Waals surface area contributed by atoms with Crippen molar-refractivity contribution in [3.8, 4) is 102 Å². The average molecular weight is 1020 g/mol. The number of furan rings is 2. The van der Waals surface area contributed by atoms with Crippen molar-refractivity contribution in [2.75, 3.05) is 0 Å². The Morgan fingerprint density at radius 2 is 0.577 bits per heavy atom. The maximum Gasteiger partial charge on any atom is 0.164 e. The molecule has 0 aliphatic heterocycles. The summed E-state index contributed by atoms with van der Waals surface area (Å²) in [5, 5.41) is 5.87. The first-order valence-electron chi connectivity index (χ1n) is 26.2. The summed E-state index contributed by atoms with van der Waals surface area (Å²) >= 11 is 0. The lowest BCUT2D eigenvalue weighted by Crippen LogP contribution is -2.37. The first-order chi connectivity index (χ1) is 38.2. The summed E-state index contributed by atoms with van der Waals surface area (Å²) in [6, 6.07) is 81.3. The molecule has 0 aliphatic rings. The highest BCUT2D eigenvalue weighted by Gasteiger charge is 2.23. The van der Waals surface area contributed by atoms with Gasteiger partial charge in [-0.3, -0.25) is 0 Å². The van der Waals surface area contributed by atoms with Gasteiger partial charge in [-0.1, -0.05) is 220 Å². The van der Waals surface area contributed by atoms with E-state index < -0.39 is 8.07 Å². The molecule has 14 rings (SSSR count). The molecule has 14 aromatic rings. The zero-order valence-corrected chi connectivity index (χ0v) is 44.0. The van der Waals surface area contributed by atoms with Crippen molar-refractivity contribution in [3.63, 3.8) is 0 Å². The van der Waals surface area contributed by atoms with Gasteiger partial charge in [0.1, 0.15) is 22.3 Å². The molecule has 4 heterocycles. The van der Waals surface area contributed by atoms with Crippen LogP contribution in [0.3, 0.4) is 0 Å². The zero-order valence-electron chi connectivity index (χ0n) is 43.0. The minimum Gasteiger partial charge on any atom is -0.456 e. The molecule has 0 N–H and O–H groups in total. The largest absolute Gasteiger partial charge is 0.456 e. The monoisotopic (exact) mass is 1020 g/mol. The van der Waals surface area contributed by atoms with Gasteiger partial charge in [0.2, 0.25) is 0 Å². The van der Waals surface area contributed by atoms with Crippen LogP contribution in [0, 0.1) is 0 Å². The van der Waals surface area contributed by atoms with Crippen LogP contribution in [0.2, 0.25) is 19.6 Å². The minimum absolute atomic E-state index is 0.583. The van der Waals surface area contributed by atoms with E-state index in [1.807, 2.05) is 78.9 Å². The Labute approximate surface area is 451 Å². The van der Waals surface area contributed by atoms with Crippen molar-refractivity contribution in [3.05, 3.63) is 237 Å². The second-order valence-corrected chi connectivity index (χ2v) is 25.8. The van der Waals surface area contributed by atoms with Crippen molar-refractivity contribution < 1.29 is 8.83 Å². The van der Waals surface area contributed by atoms with E-state index in [4.69, 9.17) is 38.7 Å². The van der Waals surface area contributed by atoms with Gasteiger partial charge in [-0.2, -0.15) is 0 Å². The third-order valence-electron chi connectivity index (χ3n) is 14.6. The Kier molecular flexibility index (Phi) is 11.3. The van der Waals surface area contributed by atoms with E-state index >= 15 is 0 Å². The fourth-order valence-corrected chi connectivity index (χ4v) is 11.9. The fourth-order valence-electron chi connectivity index (χ4n) is 10.4. The number of para-hydroxylation sites is 2. The van der Waals surface area contributed by atoms with Crippen molar-refractivity contribution in [1.29, 1.82) is 0 Å². The van der Waals surface area contributed by atoms with E-state index in [0.717, 1.165) is 105 Å². The van der Waals surface area contributed by atoms with Crippen LogP contribution in [0.1, 0.15) is 0 Å². The van der Waals surface area contributed by atoms with E-state index in [1.54, 1.807) is 0 Å². The number of nitrogens with zero attached hydrogens (tertiary/aromatic N) is 6. The first-order valence-corrected chi connectivity index (χ1v) is 29.7. The summed E-state index contributed by atoms with van der Waals surface area (Å²) in [6.45, 7) is 7.09. The van der Waals surface area contributed by atoms with Crippen molar-refractivity contribution in [1.82, 2.24) is 29.9 Å². The second-order valence-electron chi connectivity index (χ2n) is 20.7. The normalized spacial score (nSPS) is 11.8. The van der Waals surface area contributed by atoms with E-state index in [-0.39, 0.29) is 0 Å². The molecular weight excluding hydrogens is 973 g/mol. The van der Waals surface area contributed by atoms with Gasteiger partial charge in [0.05, 0.1) is 8.07 Å². The first kappa shape index (κ1) is 46.6. The van der Waals surface area contributed by atoms with E-state index in [0.29, 0.717) is 34.9 Å².